The predicted molar refractivity (Wildman–Crippen MR) is 58.2 cm³/mol. The average Bonchev–Trinajstić information content (AvgIpc) is 2.19. The molecule has 3 nitrogen and oxygen atoms in total. The lowest BCUT2D eigenvalue weighted by atomic mass is 10.1. The average molecular weight is 198 g/mol. The molecular formula is C11H22N2O. The van der Waals surface area contributed by atoms with E-state index in [1.807, 2.05) is 11.8 Å². The van der Waals surface area contributed by atoms with Crippen LogP contribution in [0.2, 0.25) is 0 Å². The number of nitrogens with zero attached hydrogens (tertiary/aromatic N) is 1. The quantitative estimate of drug-likeness (QED) is 0.727. The maximum absolute atomic E-state index is 12.0. The van der Waals surface area contributed by atoms with E-state index in [1.165, 1.54) is 6.42 Å². The molecule has 1 heterocycles. The van der Waals surface area contributed by atoms with Crippen molar-refractivity contribution in [1.82, 2.24) is 10.2 Å². The molecule has 0 spiro atoms. The van der Waals surface area contributed by atoms with Gasteiger partial charge in [-0.25, -0.2) is 0 Å². The number of nitrogens with one attached hydrogen (secondary N) is 1. The Morgan fingerprint density at radius 1 is 1.57 bits per heavy atom. The van der Waals surface area contributed by atoms with Crippen molar-refractivity contribution in [3.63, 3.8) is 0 Å². The molecule has 1 saturated heterocycles. The third kappa shape index (κ3) is 2.71. The van der Waals surface area contributed by atoms with Crippen LogP contribution in [0.4, 0.5) is 0 Å². The standard InChI is InChI=1S/C11H22N2O/c1-4-9(2)13-8-6-5-7-12-10(3)11(13)14/h9-10,12H,4-8H2,1-3H3. The van der Waals surface area contributed by atoms with Crippen molar-refractivity contribution in [2.75, 3.05) is 13.1 Å². The van der Waals surface area contributed by atoms with Gasteiger partial charge >= 0.3 is 0 Å². The van der Waals surface area contributed by atoms with Crippen LogP contribution in [0.3, 0.4) is 0 Å². The highest BCUT2D eigenvalue weighted by Crippen LogP contribution is 2.10. The Hall–Kier alpha value is -0.570. The summed E-state index contributed by atoms with van der Waals surface area (Å²) < 4.78 is 0. The summed E-state index contributed by atoms with van der Waals surface area (Å²) in [5.41, 5.74) is 0. The number of amides is 1. The first kappa shape index (κ1) is 11.5. The molecule has 3 heteroatoms. The van der Waals surface area contributed by atoms with Crippen LogP contribution in [0, 0.1) is 0 Å². The van der Waals surface area contributed by atoms with Gasteiger partial charge in [-0.05, 0) is 39.7 Å². The molecule has 2 unspecified atom stereocenters. The number of rotatable bonds is 2. The van der Waals surface area contributed by atoms with Gasteiger partial charge in [-0.3, -0.25) is 4.79 Å². The number of carbonyl (C=O) groups excluding carboxylic acids is 1. The van der Waals surface area contributed by atoms with Gasteiger partial charge in [-0.15, -0.1) is 0 Å². The fourth-order valence-corrected chi connectivity index (χ4v) is 1.83. The van der Waals surface area contributed by atoms with Crippen LogP contribution >= 0.6 is 0 Å². The van der Waals surface area contributed by atoms with Crippen molar-refractivity contribution >= 4 is 5.91 Å². The highest BCUT2D eigenvalue weighted by molar-refractivity contribution is 5.81. The summed E-state index contributed by atoms with van der Waals surface area (Å²) in [5, 5.41) is 3.25. The van der Waals surface area contributed by atoms with E-state index in [0.717, 1.165) is 25.9 Å². The maximum atomic E-state index is 12.0. The van der Waals surface area contributed by atoms with E-state index in [4.69, 9.17) is 0 Å². The Morgan fingerprint density at radius 2 is 2.29 bits per heavy atom. The highest BCUT2D eigenvalue weighted by atomic mass is 16.2. The summed E-state index contributed by atoms with van der Waals surface area (Å²) in [4.78, 5) is 14.0. The lowest BCUT2D eigenvalue weighted by Gasteiger charge is -2.33. The van der Waals surface area contributed by atoms with Gasteiger partial charge in [-0.2, -0.15) is 0 Å². The van der Waals surface area contributed by atoms with Gasteiger partial charge < -0.3 is 10.2 Å². The Bertz CT molecular complexity index is 194. The third-order valence-electron chi connectivity index (χ3n) is 3.05. The normalized spacial score (nSPS) is 26.9. The van der Waals surface area contributed by atoms with Gasteiger partial charge in [0.15, 0.2) is 0 Å². The highest BCUT2D eigenvalue weighted by Gasteiger charge is 2.24. The molecule has 0 aromatic heterocycles. The van der Waals surface area contributed by atoms with Crippen molar-refractivity contribution in [2.45, 2.75) is 52.1 Å². The summed E-state index contributed by atoms with van der Waals surface area (Å²) in [6, 6.07) is 0.370. The topological polar surface area (TPSA) is 32.3 Å². The Morgan fingerprint density at radius 3 is 2.93 bits per heavy atom. The van der Waals surface area contributed by atoms with Crippen LogP contribution in [0.15, 0.2) is 0 Å². The SMILES string of the molecule is CCC(C)N1CCCCNC(C)C1=O. The Kier molecular flexibility index (Phi) is 4.39. The molecule has 2 atom stereocenters. The number of hydrogen-bond acceptors (Lipinski definition) is 2. The van der Waals surface area contributed by atoms with Gasteiger partial charge in [-0.1, -0.05) is 6.92 Å². The molecule has 0 bridgehead atoms. The smallest absolute Gasteiger partial charge is 0.239 e. The van der Waals surface area contributed by atoms with Gasteiger partial charge in [0, 0.05) is 12.6 Å². The molecule has 82 valence electrons. The molecule has 0 saturated carbocycles. The fraction of sp³-hybridized carbons (Fsp3) is 0.909. The molecule has 0 aromatic carbocycles. The second-order valence-corrected chi connectivity index (χ2v) is 4.17. The molecule has 1 rings (SSSR count). The summed E-state index contributed by atoms with van der Waals surface area (Å²) in [5.74, 6) is 0.263. The van der Waals surface area contributed by atoms with Crippen LogP contribution in [-0.2, 0) is 4.79 Å². The first-order valence-corrected chi connectivity index (χ1v) is 5.70. The largest absolute Gasteiger partial charge is 0.339 e. The van der Waals surface area contributed by atoms with Crippen molar-refractivity contribution < 1.29 is 4.79 Å². The van der Waals surface area contributed by atoms with E-state index in [-0.39, 0.29) is 11.9 Å². The van der Waals surface area contributed by atoms with Crippen molar-refractivity contribution in [3.05, 3.63) is 0 Å². The van der Waals surface area contributed by atoms with E-state index in [0.29, 0.717) is 6.04 Å². The van der Waals surface area contributed by atoms with Gasteiger partial charge in [0.05, 0.1) is 6.04 Å². The van der Waals surface area contributed by atoms with E-state index in [2.05, 4.69) is 19.2 Å². The molecule has 0 aliphatic carbocycles. The third-order valence-corrected chi connectivity index (χ3v) is 3.05. The molecule has 1 aliphatic rings. The second kappa shape index (κ2) is 5.35. The van der Waals surface area contributed by atoms with Crippen LogP contribution in [0.25, 0.3) is 0 Å². The van der Waals surface area contributed by atoms with Crippen LogP contribution in [0.5, 0.6) is 0 Å². The molecule has 1 fully saturated rings. The molecule has 0 radical (unpaired) electrons. The van der Waals surface area contributed by atoms with E-state index in [1.54, 1.807) is 0 Å². The van der Waals surface area contributed by atoms with Crippen molar-refractivity contribution in [2.24, 2.45) is 0 Å². The first-order chi connectivity index (χ1) is 6.66. The monoisotopic (exact) mass is 198 g/mol. The first-order valence-electron chi connectivity index (χ1n) is 5.70. The maximum Gasteiger partial charge on any atom is 0.239 e. The predicted octanol–water partition coefficient (Wildman–Crippen LogP) is 1.39. The summed E-state index contributed by atoms with van der Waals surface area (Å²) >= 11 is 0. The fourth-order valence-electron chi connectivity index (χ4n) is 1.83. The zero-order chi connectivity index (χ0) is 10.6. The number of carbonyl (C=O) groups is 1. The van der Waals surface area contributed by atoms with Gasteiger partial charge in [0.25, 0.3) is 0 Å². The van der Waals surface area contributed by atoms with Crippen LogP contribution in [0.1, 0.15) is 40.0 Å². The van der Waals surface area contributed by atoms with Gasteiger partial charge in [0.2, 0.25) is 5.91 Å². The summed E-state index contributed by atoms with van der Waals surface area (Å²) in [6.07, 6.45) is 3.33. The van der Waals surface area contributed by atoms with Crippen LogP contribution < -0.4 is 5.32 Å². The van der Waals surface area contributed by atoms with E-state index >= 15 is 0 Å². The molecular weight excluding hydrogens is 176 g/mol. The molecule has 0 aromatic rings. The second-order valence-electron chi connectivity index (χ2n) is 4.17. The van der Waals surface area contributed by atoms with E-state index < -0.39 is 0 Å². The Balaban J connectivity index is 2.63. The van der Waals surface area contributed by atoms with Gasteiger partial charge in [0.1, 0.15) is 0 Å². The molecule has 1 N–H and O–H groups in total. The molecule has 14 heavy (non-hydrogen) atoms. The molecule has 1 amide bonds. The van der Waals surface area contributed by atoms with Crippen molar-refractivity contribution in [3.8, 4) is 0 Å². The zero-order valence-corrected chi connectivity index (χ0v) is 9.55. The number of hydrogen-bond donors (Lipinski definition) is 1. The minimum atomic E-state index is -0.00991. The molecule has 1 aliphatic heterocycles. The lowest BCUT2D eigenvalue weighted by molar-refractivity contribution is -0.135. The van der Waals surface area contributed by atoms with Crippen molar-refractivity contribution in [1.29, 1.82) is 0 Å². The lowest BCUT2D eigenvalue weighted by Crippen LogP contribution is -2.50. The minimum absolute atomic E-state index is 0.00991. The van der Waals surface area contributed by atoms with Crippen LogP contribution in [-0.4, -0.2) is 36.0 Å². The zero-order valence-electron chi connectivity index (χ0n) is 9.55. The summed E-state index contributed by atoms with van der Waals surface area (Å²) in [7, 11) is 0. The summed E-state index contributed by atoms with van der Waals surface area (Å²) in [6.45, 7) is 8.13. The minimum Gasteiger partial charge on any atom is -0.339 e. The Labute approximate surface area is 86.9 Å². The van der Waals surface area contributed by atoms with E-state index in [9.17, 15) is 4.79 Å².